The smallest absolute Gasteiger partial charge is 0.118 e. The molecule has 0 spiro atoms. The monoisotopic (exact) mass is 274 g/mol. The summed E-state index contributed by atoms with van der Waals surface area (Å²) >= 11 is 0. The first kappa shape index (κ1) is 13.9. The number of ether oxygens (including phenoxy) is 1. The van der Waals surface area contributed by atoms with Gasteiger partial charge in [0.2, 0.25) is 0 Å². The summed E-state index contributed by atoms with van der Waals surface area (Å²) < 4.78 is 5.21. The fraction of sp³-hybridized carbons (Fsp3) is 0.647. The van der Waals surface area contributed by atoms with Gasteiger partial charge in [-0.05, 0) is 62.9 Å². The third kappa shape index (κ3) is 2.99. The van der Waals surface area contributed by atoms with E-state index in [1.807, 2.05) is 0 Å². The highest BCUT2D eigenvalue weighted by Crippen LogP contribution is 2.37. The van der Waals surface area contributed by atoms with E-state index in [1.54, 1.807) is 7.11 Å². The highest BCUT2D eigenvalue weighted by atomic mass is 16.5. The number of likely N-dealkylation sites (N-methyl/N-ethyl adjacent to an activating group) is 1. The van der Waals surface area contributed by atoms with Crippen molar-refractivity contribution in [1.29, 1.82) is 0 Å². The van der Waals surface area contributed by atoms with Crippen LogP contribution in [0.15, 0.2) is 24.3 Å². The zero-order chi connectivity index (χ0) is 13.9. The van der Waals surface area contributed by atoms with Crippen LogP contribution < -0.4 is 10.1 Å². The lowest BCUT2D eigenvalue weighted by atomic mass is 9.76. The second-order valence-electron chi connectivity index (χ2n) is 6.32. The van der Waals surface area contributed by atoms with Gasteiger partial charge in [0, 0.05) is 18.6 Å². The summed E-state index contributed by atoms with van der Waals surface area (Å²) in [6, 6.07) is 10.0. The Kier molecular flexibility index (Phi) is 4.27. The van der Waals surface area contributed by atoms with E-state index in [2.05, 4.69) is 41.5 Å². The molecule has 2 fully saturated rings. The molecule has 1 unspecified atom stereocenters. The zero-order valence-corrected chi connectivity index (χ0v) is 12.6. The second kappa shape index (κ2) is 6.15. The van der Waals surface area contributed by atoms with Crippen molar-refractivity contribution in [3.63, 3.8) is 0 Å². The average Bonchev–Trinajstić information content (AvgIpc) is 2.83. The molecule has 1 saturated carbocycles. The molecule has 0 bridgehead atoms. The molecule has 1 heterocycles. The summed E-state index contributed by atoms with van der Waals surface area (Å²) in [4.78, 5) is 2.49. The topological polar surface area (TPSA) is 24.5 Å². The van der Waals surface area contributed by atoms with E-state index in [-0.39, 0.29) is 0 Å². The molecule has 3 nitrogen and oxygen atoms in total. The summed E-state index contributed by atoms with van der Waals surface area (Å²) in [6.45, 7) is 2.43. The third-order valence-electron chi connectivity index (χ3n) is 5.04. The maximum absolute atomic E-state index is 5.21. The quantitative estimate of drug-likeness (QED) is 0.893. The van der Waals surface area contributed by atoms with Crippen LogP contribution in [0.3, 0.4) is 0 Å². The Balaban J connectivity index is 1.41. The third-order valence-corrected chi connectivity index (χ3v) is 5.04. The summed E-state index contributed by atoms with van der Waals surface area (Å²) in [5, 5.41) is 3.75. The van der Waals surface area contributed by atoms with E-state index < -0.39 is 0 Å². The van der Waals surface area contributed by atoms with Crippen LogP contribution in [0.2, 0.25) is 0 Å². The number of hydrogen-bond acceptors (Lipinski definition) is 3. The second-order valence-corrected chi connectivity index (χ2v) is 6.32. The van der Waals surface area contributed by atoms with Gasteiger partial charge in [-0.2, -0.15) is 0 Å². The molecule has 2 aliphatic rings. The molecule has 0 radical (unpaired) electrons. The molecule has 1 aliphatic heterocycles. The Morgan fingerprint density at radius 2 is 2.00 bits per heavy atom. The minimum atomic E-state index is 0.719. The summed E-state index contributed by atoms with van der Waals surface area (Å²) in [7, 11) is 3.97. The number of hydrogen-bond donors (Lipinski definition) is 1. The molecule has 1 aromatic carbocycles. The highest BCUT2D eigenvalue weighted by molar-refractivity contribution is 5.30. The fourth-order valence-electron chi connectivity index (χ4n) is 3.47. The zero-order valence-electron chi connectivity index (χ0n) is 12.6. The largest absolute Gasteiger partial charge is 0.497 e. The van der Waals surface area contributed by atoms with E-state index in [0.717, 1.165) is 30.3 Å². The molecule has 1 aromatic rings. The molecular formula is C17H26N2O. The minimum absolute atomic E-state index is 0.719. The first-order valence-electron chi connectivity index (χ1n) is 7.84. The Bertz CT molecular complexity index is 425. The first-order valence-corrected chi connectivity index (χ1v) is 7.84. The van der Waals surface area contributed by atoms with Gasteiger partial charge < -0.3 is 15.0 Å². The van der Waals surface area contributed by atoms with E-state index in [4.69, 9.17) is 4.74 Å². The molecule has 110 valence electrons. The number of nitrogens with one attached hydrogen (secondary N) is 1. The lowest BCUT2D eigenvalue weighted by Crippen LogP contribution is -2.45. The normalized spacial score (nSPS) is 30.2. The van der Waals surface area contributed by atoms with E-state index >= 15 is 0 Å². The van der Waals surface area contributed by atoms with Crippen molar-refractivity contribution in [1.82, 2.24) is 10.2 Å². The van der Waals surface area contributed by atoms with Gasteiger partial charge in [-0.15, -0.1) is 0 Å². The van der Waals surface area contributed by atoms with Crippen LogP contribution >= 0.6 is 0 Å². The van der Waals surface area contributed by atoms with Gasteiger partial charge in [0.05, 0.1) is 7.11 Å². The van der Waals surface area contributed by atoms with Crippen LogP contribution in [0.25, 0.3) is 0 Å². The average molecular weight is 274 g/mol. The molecule has 1 N–H and O–H groups in total. The fourth-order valence-corrected chi connectivity index (χ4v) is 3.47. The van der Waals surface area contributed by atoms with Crippen molar-refractivity contribution in [2.45, 2.75) is 43.7 Å². The molecule has 3 heteroatoms. The van der Waals surface area contributed by atoms with Gasteiger partial charge in [-0.1, -0.05) is 12.1 Å². The van der Waals surface area contributed by atoms with Crippen LogP contribution in [0, 0.1) is 0 Å². The maximum Gasteiger partial charge on any atom is 0.118 e. The molecule has 0 amide bonds. The standard InChI is InChI=1S/C17H26N2O/c1-19-9-3-4-16(19)12-18-15-10-14(11-15)13-5-7-17(20-2)8-6-13/h5-8,14-16,18H,3-4,9-12H2,1-2H3. The van der Waals surface area contributed by atoms with Gasteiger partial charge in [-0.3, -0.25) is 0 Å². The summed E-state index contributed by atoms with van der Waals surface area (Å²) in [6.07, 6.45) is 5.28. The van der Waals surface area contributed by atoms with Crippen LogP contribution in [0.1, 0.15) is 37.2 Å². The van der Waals surface area contributed by atoms with Crippen molar-refractivity contribution in [3.8, 4) is 5.75 Å². The number of methoxy groups -OCH3 is 1. The van der Waals surface area contributed by atoms with Crippen molar-refractivity contribution in [2.75, 3.05) is 27.2 Å². The Morgan fingerprint density at radius 3 is 2.60 bits per heavy atom. The van der Waals surface area contributed by atoms with Gasteiger partial charge in [0.15, 0.2) is 0 Å². The summed E-state index contributed by atoms with van der Waals surface area (Å²) in [5.74, 6) is 1.69. The molecule has 3 rings (SSSR count). The van der Waals surface area contributed by atoms with Crippen LogP contribution in [-0.4, -0.2) is 44.2 Å². The van der Waals surface area contributed by atoms with Crippen LogP contribution in [-0.2, 0) is 0 Å². The molecule has 1 saturated heterocycles. The van der Waals surface area contributed by atoms with E-state index in [1.165, 1.54) is 37.8 Å². The molecule has 1 aliphatic carbocycles. The van der Waals surface area contributed by atoms with Gasteiger partial charge >= 0.3 is 0 Å². The summed E-state index contributed by atoms with van der Waals surface area (Å²) in [5.41, 5.74) is 1.46. The van der Waals surface area contributed by atoms with Crippen LogP contribution in [0.5, 0.6) is 5.75 Å². The predicted octanol–water partition coefficient (Wildman–Crippen LogP) is 2.63. The number of nitrogens with zero attached hydrogens (tertiary/aromatic N) is 1. The molecule has 1 atom stereocenters. The molecular weight excluding hydrogens is 248 g/mol. The Morgan fingerprint density at radius 1 is 1.25 bits per heavy atom. The maximum atomic E-state index is 5.21. The predicted molar refractivity (Wildman–Crippen MR) is 82.4 cm³/mol. The van der Waals surface area contributed by atoms with Gasteiger partial charge in [0.25, 0.3) is 0 Å². The molecule has 0 aromatic heterocycles. The van der Waals surface area contributed by atoms with E-state index in [9.17, 15) is 0 Å². The van der Waals surface area contributed by atoms with Gasteiger partial charge in [0.1, 0.15) is 5.75 Å². The lowest BCUT2D eigenvalue weighted by molar-refractivity contribution is 0.245. The number of likely N-dealkylation sites (tertiary alicyclic amines) is 1. The first-order chi connectivity index (χ1) is 9.76. The minimum Gasteiger partial charge on any atom is -0.497 e. The van der Waals surface area contributed by atoms with Crippen molar-refractivity contribution in [2.24, 2.45) is 0 Å². The lowest BCUT2D eigenvalue weighted by Gasteiger charge is -2.37. The van der Waals surface area contributed by atoms with Crippen molar-refractivity contribution >= 4 is 0 Å². The highest BCUT2D eigenvalue weighted by Gasteiger charge is 2.31. The van der Waals surface area contributed by atoms with Gasteiger partial charge in [-0.25, -0.2) is 0 Å². The van der Waals surface area contributed by atoms with Crippen LogP contribution in [0.4, 0.5) is 0 Å². The Labute approximate surface area is 122 Å². The SMILES string of the molecule is COc1ccc(C2CC(NCC3CCCN3C)C2)cc1. The van der Waals surface area contributed by atoms with E-state index in [0.29, 0.717) is 0 Å². The molecule has 20 heavy (non-hydrogen) atoms. The van der Waals surface area contributed by atoms with Crippen molar-refractivity contribution in [3.05, 3.63) is 29.8 Å². The Hall–Kier alpha value is -1.06. The number of rotatable bonds is 5. The number of benzene rings is 1. The van der Waals surface area contributed by atoms with Crippen molar-refractivity contribution < 1.29 is 4.74 Å².